The van der Waals surface area contributed by atoms with E-state index in [-0.39, 0.29) is 0 Å². The summed E-state index contributed by atoms with van der Waals surface area (Å²) in [7, 11) is 0. The lowest BCUT2D eigenvalue weighted by Crippen LogP contribution is -2.54. The van der Waals surface area contributed by atoms with Gasteiger partial charge in [0.1, 0.15) is 0 Å². The summed E-state index contributed by atoms with van der Waals surface area (Å²) < 4.78 is 0. The first-order valence-electron chi connectivity index (χ1n) is 8.30. The predicted molar refractivity (Wildman–Crippen MR) is 75.4 cm³/mol. The van der Waals surface area contributed by atoms with Crippen molar-refractivity contribution in [1.82, 2.24) is 5.32 Å². The van der Waals surface area contributed by atoms with Crippen LogP contribution in [0.25, 0.3) is 0 Å². The Hall–Kier alpha value is -0.300. The van der Waals surface area contributed by atoms with E-state index in [4.69, 9.17) is 0 Å². The summed E-state index contributed by atoms with van der Waals surface area (Å²) in [6.45, 7) is 1.25. The number of hydrogen-bond acceptors (Lipinski definition) is 1. The first kappa shape index (κ1) is 11.5. The fourth-order valence-corrected chi connectivity index (χ4v) is 5.62. The highest BCUT2D eigenvalue weighted by molar-refractivity contribution is 5.08. The lowest BCUT2D eigenvalue weighted by Gasteiger charge is -2.54. The van der Waals surface area contributed by atoms with Crippen LogP contribution in [-0.2, 0) is 0 Å². The zero-order valence-corrected chi connectivity index (χ0v) is 11.5. The Balaban J connectivity index is 1.32. The van der Waals surface area contributed by atoms with Gasteiger partial charge in [-0.25, -0.2) is 0 Å². The number of hydrogen-bond donors (Lipinski definition) is 1. The minimum Gasteiger partial charge on any atom is -0.313 e. The van der Waals surface area contributed by atoms with Crippen molar-refractivity contribution >= 4 is 0 Å². The average Bonchev–Trinajstić information content (AvgIpc) is 2.85. The minimum atomic E-state index is 0.889. The smallest absolute Gasteiger partial charge is 0.0124 e. The molecule has 5 aliphatic carbocycles. The van der Waals surface area contributed by atoms with E-state index in [1.54, 1.807) is 37.7 Å². The van der Waals surface area contributed by atoms with E-state index in [9.17, 15) is 0 Å². The van der Waals surface area contributed by atoms with Gasteiger partial charge in [-0.3, -0.25) is 0 Å². The highest BCUT2D eigenvalue weighted by Crippen LogP contribution is 2.53. The molecule has 100 valence electrons. The Kier molecular flexibility index (Phi) is 2.99. The van der Waals surface area contributed by atoms with Gasteiger partial charge in [-0.1, -0.05) is 11.6 Å². The maximum atomic E-state index is 3.95. The first-order valence-corrected chi connectivity index (χ1v) is 8.30. The SMILES string of the molecule is C1=C(CCNC2C3CC4CC(C3)CC2C4)CCC1. The molecule has 0 radical (unpaired) electrons. The van der Waals surface area contributed by atoms with E-state index in [1.807, 2.05) is 0 Å². The lowest BCUT2D eigenvalue weighted by atomic mass is 9.54. The van der Waals surface area contributed by atoms with Crippen molar-refractivity contribution in [1.29, 1.82) is 0 Å². The Bertz CT molecular complexity index is 316. The molecule has 0 heterocycles. The highest BCUT2D eigenvalue weighted by Gasteiger charge is 2.47. The summed E-state index contributed by atoms with van der Waals surface area (Å²) >= 11 is 0. The van der Waals surface area contributed by atoms with E-state index < -0.39 is 0 Å². The Morgan fingerprint density at radius 2 is 1.72 bits per heavy atom. The second-order valence-corrected chi connectivity index (χ2v) is 7.42. The largest absolute Gasteiger partial charge is 0.313 e. The summed E-state index contributed by atoms with van der Waals surface area (Å²) in [5, 5.41) is 3.95. The molecule has 0 saturated heterocycles. The Labute approximate surface area is 111 Å². The van der Waals surface area contributed by atoms with Crippen LogP contribution in [0, 0.1) is 23.7 Å². The third-order valence-electron chi connectivity index (χ3n) is 6.19. The molecule has 4 fully saturated rings. The molecule has 4 bridgehead atoms. The van der Waals surface area contributed by atoms with Gasteiger partial charge < -0.3 is 5.32 Å². The maximum absolute atomic E-state index is 3.95. The van der Waals surface area contributed by atoms with Gasteiger partial charge in [-0.05, 0) is 88.0 Å². The van der Waals surface area contributed by atoms with Crippen molar-refractivity contribution < 1.29 is 0 Å². The Morgan fingerprint density at radius 1 is 1.00 bits per heavy atom. The van der Waals surface area contributed by atoms with Crippen LogP contribution in [0.5, 0.6) is 0 Å². The van der Waals surface area contributed by atoms with Crippen molar-refractivity contribution in [2.24, 2.45) is 23.7 Å². The third kappa shape index (κ3) is 2.05. The molecule has 0 atom stereocenters. The first-order chi connectivity index (χ1) is 8.88. The van der Waals surface area contributed by atoms with Gasteiger partial charge in [0.05, 0.1) is 0 Å². The fourth-order valence-electron chi connectivity index (χ4n) is 5.62. The van der Waals surface area contributed by atoms with E-state index >= 15 is 0 Å². The molecule has 0 aliphatic heterocycles. The van der Waals surface area contributed by atoms with E-state index in [2.05, 4.69) is 11.4 Å². The van der Waals surface area contributed by atoms with E-state index in [0.29, 0.717) is 0 Å². The summed E-state index contributed by atoms with van der Waals surface area (Å²) in [6.07, 6.45) is 15.7. The lowest BCUT2D eigenvalue weighted by molar-refractivity contribution is -0.0133. The van der Waals surface area contributed by atoms with Crippen LogP contribution in [0.4, 0.5) is 0 Å². The van der Waals surface area contributed by atoms with Gasteiger partial charge in [-0.2, -0.15) is 0 Å². The van der Waals surface area contributed by atoms with Crippen LogP contribution >= 0.6 is 0 Å². The normalized spacial score (nSPS) is 45.6. The summed E-state index contributed by atoms with van der Waals surface area (Å²) in [5.41, 5.74) is 1.73. The predicted octanol–water partition coefficient (Wildman–Crippen LogP) is 3.90. The van der Waals surface area contributed by atoms with Crippen molar-refractivity contribution in [2.75, 3.05) is 6.54 Å². The molecule has 0 amide bonds. The van der Waals surface area contributed by atoms with Gasteiger partial charge in [0, 0.05) is 6.04 Å². The standard InChI is InChI=1S/C17H27N/c1-2-4-12(3-1)5-6-18-17-15-8-13-7-14(10-15)11-16(17)9-13/h3,13-18H,1-2,4-11H2. The molecular weight excluding hydrogens is 218 g/mol. The third-order valence-corrected chi connectivity index (χ3v) is 6.19. The molecule has 5 aliphatic rings. The monoisotopic (exact) mass is 245 g/mol. The second-order valence-electron chi connectivity index (χ2n) is 7.42. The van der Waals surface area contributed by atoms with Crippen molar-refractivity contribution in [2.45, 2.75) is 63.8 Å². The molecule has 0 aromatic rings. The van der Waals surface area contributed by atoms with Crippen LogP contribution in [0.3, 0.4) is 0 Å². The number of allylic oxidation sites excluding steroid dienone is 1. The molecule has 0 spiro atoms. The fraction of sp³-hybridized carbons (Fsp3) is 0.882. The van der Waals surface area contributed by atoms with Crippen molar-refractivity contribution in [3.05, 3.63) is 11.6 Å². The van der Waals surface area contributed by atoms with Crippen molar-refractivity contribution in [3.63, 3.8) is 0 Å². The number of nitrogens with one attached hydrogen (secondary N) is 1. The molecule has 18 heavy (non-hydrogen) atoms. The van der Waals surface area contributed by atoms with Crippen LogP contribution in [0.1, 0.15) is 57.8 Å². The minimum absolute atomic E-state index is 0.889. The van der Waals surface area contributed by atoms with E-state index in [1.165, 1.54) is 32.2 Å². The zero-order chi connectivity index (χ0) is 11.9. The average molecular weight is 245 g/mol. The molecular formula is C17H27N. The van der Waals surface area contributed by atoms with Crippen LogP contribution < -0.4 is 5.32 Å². The summed E-state index contributed by atoms with van der Waals surface area (Å²) in [5.74, 6) is 4.31. The maximum Gasteiger partial charge on any atom is 0.0124 e. The molecule has 1 N–H and O–H groups in total. The second kappa shape index (κ2) is 4.67. The van der Waals surface area contributed by atoms with Gasteiger partial charge in [-0.15, -0.1) is 0 Å². The van der Waals surface area contributed by atoms with Crippen molar-refractivity contribution in [3.8, 4) is 0 Å². The molecule has 0 aromatic carbocycles. The van der Waals surface area contributed by atoms with Crippen LogP contribution in [0.15, 0.2) is 11.6 Å². The quantitative estimate of drug-likeness (QED) is 0.741. The molecule has 1 nitrogen and oxygen atoms in total. The van der Waals surface area contributed by atoms with E-state index in [0.717, 1.165) is 29.7 Å². The molecule has 0 unspecified atom stereocenters. The van der Waals surface area contributed by atoms with Gasteiger partial charge in [0.2, 0.25) is 0 Å². The molecule has 4 saturated carbocycles. The summed E-state index contributed by atoms with van der Waals surface area (Å²) in [6, 6.07) is 0.889. The van der Waals surface area contributed by atoms with Crippen LogP contribution in [-0.4, -0.2) is 12.6 Å². The molecule has 5 rings (SSSR count). The van der Waals surface area contributed by atoms with Crippen LogP contribution in [0.2, 0.25) is 0 Å². The highest BCUT2D eigenvalue weighted by atomic mass is 14.9. The van der Waals surface area contributed by atoms with Gasteiger partial charge in [0.15, 0.2) is 0 Å². The number of rotatable bonds is 4. The molecule has 0 aromatic heterocycles. The Morgan fingerprint density at radius 3 is 2.33 bits per heavy atom. The summed E-state index contributed by atoms with van der Waals surface area (Å²) in [4.78, 5) is 0. The topological polar surface area (TPSA) is 12.0 Å². The molecule has 1 heteroatoms. The zero-order valence-electron chi connectivity index (χ0n) is 11.5. The van der Waals surface area contributed by atoms with Gasteiger partial charge >= 0.3 is 0 Å². The van der Waals surface area contributed by atoms with Gasteiger partial charge in [0.25, 0.3) is 0 Å².